The molecule has 2 aliphatic heterocycles. The van der Waals surface area contributed by atoms with Crippen molar-refractivity contribution in [2.24, 2.45) is 10.9 Å². The number of likely N-dealkylation sites (tertiary alicyclic amines) is 1. The summed E-state index contributed by atoms with van der Waals surface area (Å²) in [4.78, 5) is 20.3. The van der Waals surface area contributed by atoms with Crippen molar-refractivity contribution in [3.05, 3.63) is 0 Å². The Kier molecular flexibility index (Phi) is 7.50. The van der Waals surface area contributed by atoms with Gasteiger partial charge >= 0.3 is 0 Å². The van der Waals surface area contributed by atoms with E-state index < -0.39 is 5.79 Å². The van der Waals surface area contributed by atoms with Crippen LogP contribution in [0, 0.1) is 5.92 Å². The van der Waals surface area contributed by atoms with Crippen molar-refractivity contribution in [2.75, 3.05) is 53.5 Å². The number of amides is 1. The van der Waals surface area contributed by atoms with E-state index in [1.165, 1.54) is 0 Å². The van der Waals surface area contributed by atoms with Gasteiger partial charge in [-0.05, 0) is 26.2 Å². The smallest absolute Gasteiger partial charge is 0.243 e. The van der Waals surface area contributed by atoms with Gasteiger partial charge in [0.2, 0.25) is 5.91 Å². The molecule has 0 aromatic carbocycles. The molecule has 0 aliphatic carbocycles. The molecule has 2 saturated heterocycles. The van der Waals surface area contributed by atoms with Crippen LogP contribution in [-0.2, 0) is 14.3 Å². The number of hydrogen-bond donors (Lipinski definition) is 1. The monoisotopic (exact) mass is 354 g/mol. The van der Waals surface area contributed by atoms with Crippen molar-refractivity contribution in [3.63, 3.8) is 0 Å². The van der Waals surface area contributed by atoms with Crippen LogP contribution in [0.15, 0.2) is 4.99 Å². The number of nitrogens with zero attached hydrogens (tertiary/aromatic N) is 3. The van der Waals surface area contributed by atoms with Gasteiger partial charge in [0, 0.05) is 39.6 Å². The maximum Gasteiger partial charge on any atom is 0.243 e. The topological polar surface area (TPSA) is 66.4 Å². The number of piperidine rings is 1. The molecular weight excluding hydrogens is 320 g/mol. The first-order chi connectivity index (χ1) is 12.0. The van der Waals surface area contributed by atoms with E-state index >= 15 is 0 Å². The molecule has 1 unspecified atom stereocenters. The highest BCUT2D eigenvalue weighted by Crippen LogP contribution is 2.34. The SMILES string of the molecule is CCCCNC(=NCC(=O)N(C)C)N1CCCC(C2(C)OCCO2)C1. The van der Waals surface area contributed by atoms with Crippen molar-refractivity contribution < 1.29 is 14.3 Å². The predicted octanol–water partition coefficient (Wildman–Crippen LogP) is 1.30. The van der Waals surface area contributed by atoms with Gasteiger partial charge in [-0.3, -0.25) is 4.79 Å². The lowest BCUT2D eigenvalue weighted by atomic mass is 9.90. The zero-order valence-electron chi connectivity index (χ0n) is 16.2. The van der Waals surface area contributed by atoms with Crippen LogP contribution < -0.4 is 5.32 Å². The van der Waals surface area contributed by atoms with Gasteiger partial charge in [-0.2, -0.15) is 0 Å². The third kappa shape index (κ3) is 5.57. The van der Waals surface area contributed by atoms with Crippen LogP contribution in [0.25, 0.3) is 0 Å². The minimum atomic E-state index is -0.493. The predicted molar refractivity (Wildman–Crippen MR) is 98.5 cm³/mol. The summed E-state index contributed by atoms with van der Waals surface area (Å²) in [5.41, 5.74) is 0. The summed E-state index contributed by atoms with van der Waals surface area (Å²) in [6, 6.07) is 0. The molecule has 0 aromatic rings. The number of ether oxygens (including phenoxy) is 2. The van der Waals surface area contributed by atoms with Gasteiger partial charge in [0.25, 0.3) is 0 Å². The largest absolute Gasteiger partial charge is 0.356 e. The number of aliphatic imine (C=N–C) groups is 1. The highest BCUT2D eigenvalue weighted by molar-refractivity contribution is 5.84. The molecule has 1 N–H and O–H groups in total. The molecule has 0 bridgehead atoms. The Morgan fingerprint density at radius 2 is 2.08 bits per heavy atom. The Hall–Kier alpha value is -1.34. The Morgan fingerprint density at radius 1 is 1.36 bits per heavy atom. The number of likely N-dealkylation sites (N-methyl/N-ethyl adjacent to an activating group) is 1. The first-order valence-corrected chi connectivity index (χ1v) is 9.47. The van der Waals surface area contributed by atoms with E-state index in [1.807, 2.05) is 6.92 Å². The highest BCUT2D eigenvalue weighted by Gasteiger charge is 2.42. The number of carbonyl (C=O) groups excluding carboxylic acids is 1. The van der Waals surface area contributed by atoms with E-state index in [0.717, 1.165) is 51.3 Å². The molecule has 7 nitrogen and oxygen atoms in total. The van der Waals surface area contributed by atoms with Crippen LogP contribution in [0.3, 0.4) is 0 Å². The van der Waals surface area contributed by atoms with E-state index in [2.05, 4.69) is 22.1 Å². The Labute approximate surface area is 151 Å². The molecule has 0 radical (unpaired) electrons. The second-order valence-corrected chi connectivity index (χ2v) is 7.21. The second-order valence-electron chi connectivity index (χ2n) is 7.21. The van der Waals surface area contributed by atoms with Gasteiger partial charge in [0.05, 0.1) is 13.2 Å². The molecule has 0 saturated carbocycles. The zero-order chi connectivity index (χ0) is 18.3. The van der Waals surface area contributed by atoms with Crippen LogP contribution in [0.2, 0.25) is 0 Å². The Morgan fingerprint density at radius 3 is 2.72 bits per heavy atom. The van der Waals surface area contributed by atoms with Crippen LogP contribution in [0.1, 0.15) is 39.5 Å². The summed E-state index contributed by atoms with van der Waals surface area (Å²) in [6.45, 7) is 8.38. The molecule has 2 aliphatic rings. The van der Waals surface area contributed by atoms with E-state index in [4.69, 9.17) is 9.47 Å². The summed E-state index contributed by atoms with van der Waals surface area (Å²) in [5, 5.41) is 3.43. The van der Waals surface area contributed by atoms with Crippen molar-refractivity contribution in [1.82, 2.24) is 15.1 Å². The summed E-state index contributed by atoms with van der Waals surface area (Å²) in [6.07, 6.45) is 4.37. The van der Waals surface area contributed by atoms with Crippen molar-refractivity contribution >= 4 is 11.9 Å². The molecule has 25 heavy (non-hydrogen) atoms. The Balaban J connectivity index is 2.03. The van der Waals surface area contributed by atoms with Crippen LogP contribution >= 0.6 is 0 Å². The average molecular weight is 354 g/mol. The minimum Gasteiger partial charge on any atom is -0.356 e. The summed E-state index contributed by atoms with van der Waals surface area (Å²) < 4.78 is 11.7. The summed E-state index contributed by atoms with van der Waals surface area (Å²) in [7, 11) is 3.52. The second kappa shape index (κ2) is 9.38. The van der Waals surface area contributed by atoms with E-state index in [9.17, 15) is 4.79 Å². The lowest BCUT2D eigenvalue weighted by Gasteiger charge is -2.41. The highest BCUT2D eigenvalue weighted by atomic mass is 16.7. The van der Waals surface area contributed by atoms with E-state index in [-0.39, 0.29) is 12.5 Å². The molecule has 2 fully saturated rings. The number of nitrogens with one attached hydrogen (secondary N) is 1. The van der Waals surface area contributed by atoms with Crippen molar-refractivity contribution in [2.45, 2.75) is 45.3 Å². The number of rotatable bonds is 6. The van der Waals surface area contributed by atoms with Crippen LogP contribution in [-0.4, -0.2) is 80.9 Å². The van der Waals surface area contributed by atoms with Gasteiger partial charge in [-0.25, -0.2) is 4.99 Å². The maximum absolute atomic E-state index is 11.9. The fourth-order valence-corrected chi connectivity index (χ4v) is 3.29. The molecule has 2 rings (SSSR count). The van der Waals surface area contributed by atoms with Gasteiger partial charge in [-0.15, -0.1) is 0 Å². The number of unbranched alkanes of at least 4 members (excludes halogenated alkanes) is 1. The Bertz CT molecular complexity index is 461. The summed E-state index contributed by atoms with van der Waals surface area (Å²) in [5.74, 6) is 0.659. The first kappa shape index (κ1) is 20.0. The third-order valence-corrected chi connectivity index (χ3v) is 5.00. The molecule has 1 atom stereocenters. The number of carbonyl (C=O) groups is 1. The molecule has 2 heterocycles. The van der Waals surface area contributed by atoms with Crippen LogP contribution in [0.4, 0.5) is 0 Å². The standard InChI is InChI=1S/C18H34N4O3/c1-5-6-9-19-17(20-13-16(23)21(3)4)22-10-7-8-15(14-22)18(2)24-11-12-25-18/h15H,5-14H2,1-4H3,(H,19,20). The molecule has 144 valence electrons. The van der Waals surface area contributed by atoms with Crippen LogP contribution in [0.5, 0.6) is 0 Å². The fourth-order valence-electron chi connectivity index (χ4n) is 3.29. The zero-order valence-corrected chi connectivity index (χ0v) is 16.2. The van der Waals surface area contributed by atoms with Gasteiger partial charge in [-0.1, -0.05) is 13.3 Å². The third-order valence-electron chi connectivity index (χ3n) is 5.00. The maximum atomic E-state index is 11.9. The lowest BCUT2D eigenvalue weighted by molar-refractivity contribution is -0.189. The summed E-state index contributed by atoms with van der Waals surface area (Å²) >= 11 is 0. The average Bonchev–Trinajstić information content (AvgIpc) is 3.05. The van der Waals surface area contributed by atoms with E-state index in [1.54, 1.807) is 19.0 Å². The quantitative estimate of drug-likeness (QED) is 0.442. The first-order valence-electron chi connectivity index (χ1n) is 9.47. The molecule has 0 spiro atoms. The van der Waals surface area contributed by atoms with Crippen molar-refractivity contribution in [1.29, 1.82) is 0 Å². The number of guanidine groups is 1. The molecule has 7 heteroatoms. The van der Waals surface area contributed by atoms with Gasteiger partial charge < -0.3 is 24.6 Å². The fraction of sp³-hybridized carbons (Fsp3) is 0.889. The van der Waals surface area contributed by atoms with Gasteiger partial charge in [0.15, 0.2) is 11.7 Å². The van der Waals surface area contributed by atoms with E-state index in [0.29, 0.717) is 19.1 Å². The normalized spacial score (nSPS) is 23.6. The molecule has 1 amide bonds. The van der Waals surface area contributed by atoms with Crippen molar-refractivity contribution in [3.8, 4) is 0 Å². The molecular formula is C18H34N4O3. The minimum absolute atomic E-state index is 0.0118. The number of hydrogen-bond acceptors (Lipinski definition) is 4. The lowest BCUT2D eigenvalue weighted by Crippen LogP contribution is -2.52. The van der Waals surface area contributed by atoms with Gasteiger partial charge in [0.1, 0.15) is 6.54 Å². The molecule has 0 aromatic heterocycles.